The van der Waals surface area contributed by atoms with Crippen LogP contribution in [0.3, 0.4) is 0 Å². The maximum absolute atomic E-state index is 13.1. The van der Waals surface area contributed by atoms with Gasteiger partial charge in [0.05, 0.1) is 26.4 Å². The molecule has 586 valence electrons. The highest BCUT2D eigenvalue weighted by molar-refractivity contribution is 7.47. The van der Waals surface area contributed by atoms with Crippen LogP contribution in [-0.2, 0) is 65.4 Å². The normalized spacial score (nSPS) is 14.5. The van der Waals surface area contributed by atoms with Gasteiger partial charge in [-0.3, -0.25) is 37.3 Å². The third-order valence-electron chi connectivity index (χ3n) is 16.4. The Morgan fingerprint density at radius 1 is 0.284 bits per heavy atom. The Morgan fingerprint density at radius 3 is 0.843 bits per heavy atom. The van der Waals surface area contributed by atoms with E-state index in [1.54, 1.807) is 0 Å². The summed E-state index contributed by atoms with van der Waals surface area (Å²) in [6.45, 7) is 4.56. The van der Waals surface area contributed by atoms with Crippen LogP contribution >= 0.6 is 15.6 Å². The molecule has 5 atom stereocenters. The molecule has 0 fully saturated rings. The van der Waals surface area contributed by atoms with Crippen LogP contribution in [0.4, 0.5) is 0 Å². The summed E-state index contributed by atoms with van der Waals surface area (Å²) in [6.07, 6.45) is 81.8. The number of hydrogen-bond donors (Lipinski definition) is 3. The van der Waals surface area contributed by atoms with Gasteiger partial charge in [0, 0.05) is 25.7 Å². The van der Waals surface area contributed by atoms with Crippen LogP contribution in [0, 0.1) is 0 Å². The van der Waals surface area contributed by atoms with E-state index in [1.165, 1.54) is 70.6 Å². The zero-order valence-electron chi connectivity index (χ0n) is 64.0. The van der Waals surface area contributed by atoms with E-state index in [0.29, 0.717) is 32.1 Å². The van der Waals surface area contributed by atoms with E-state index in [1.807, 2.05) is 12.2 Å². The zero-order chi connectivity index (χ0) is 74.6. The SMILES string of the molecule is CC/C=C\C/C=C\C/C=C\C/C=C\C/C=C\CCCC(=O)OCC(COP(=O)(O)OCC(O)COP(=O)(O)OCC(COC(=O)CCCCCCCCC/C=C\C/C=C\C/C=C\CC)OC(=O)CCCCCCC/C=C\C/C=C\CCCCC)OC(=O)CCCCCCCCCCCCCCC. The predicted octanol–water partition coefficient (Wildman–Crippen LogP) is 23.1. The molecular weight excluding hydrogens is 1330 g/mol. The van der Waals surface area contributed by atoms with Crippen molar-refractivity contribution in [1.82, 2.24) is 0 Å². The van der Waals surface area contributed by atoms with Gasteiger partial charge in [0.2, 0.25) is 0 Å². The number of carbonyl (C=O) groups is 4. The molecular formula is C83H142O17P2. The van der Waals surface area contributed by atoms with E-state index in [4.69, 9.17) is 37.0 Å². The number of phosphoric acid groups is 2. The summed E-state index contributed by atoms with van der Waals surface area (Å²) in [4.78, 5) is 73.0. The van der Waals surface area contributed by atoms with Crippen LogP contribution in [-0.4, -0.2) is 96.7 Å². The van der Waals surface area contributed by atoms with Crippen molar-refractivity contribution in [3.8, 4) is 0 Å². The topological polar surface area (TPSA) is 237 Å². The molecule has 0 aromatic heterocycles. The molecule has 102 heavy (non-hydrogen) atoms. The van der Waals surface area contributed by atoms with E-state index in [2.05, 4.69) is 137 Å². The third-order valence-corrected chi connectivity index (χ3v) is 18.3. The molecule has 3 N–H and O–H groups in total. The van der Waals surface area contributed by atoms with Crippen molar-refractivity contribution in [3.05, 3.63) is 122 Å². The highest BCUT2D eigenvalue weighted by atomic mass is 31.2. The number of unbranched alkanes of at least 4 members (excludes halogenated alkanes) is 28. The number of allylic oxidation sites excluding steroid dienone is 20. The molecule has 0 radical (unpaired) electrons. The fourth-order valence-corrected chi connectivity index (χ4v) is 12.0. The Labute approximate surface area is 619 Å². The second-order valence-electron chi connectivity index (χ2n) is 26.2. The Hall–Kier alpha value is -4.54. The smallest absolute Gasteiger partial charge is 0.462 e. The fraction of sp³-hybridized carbons (Fsp3) is 0.711. The second kappa shape index (κ2) is 74.7. The van der Waals surface area contributed by atoms with Crippen molar-refractivity contribution >= 4 is 39.5 Å². The Balaban J connectivity index is 5.40. The molecule has 0 aliphatic rings. The first kappa shape index (κ1) is 97.5. The van der Waals surface area contributed by atoms with Gasteiger partial charge in [-0.1, -0.05) is 290 Å². The van der Waals surface area contributed by atoms with Gasteiger partial charge >= 0.3 is 39.5 Å². The molecule has 0 spiro atoms. The van der Waals surface area contributed by atoms with Gasteiger partial charge in [0.25, 0.3) is 0 Å². The van der Waals surface area contributed by atoms with Gasteiger partial charge in [-0.25, -0.2) is 9.13 Å². The molecule has 5 unspecified atom stereocenters. The minimum Gasteiger partial charge on any atom is -0.462 e. The average molecular weight is 1470 g/mol. The van der Waals surface area contributed by atoms with E-state index in [9.17, 15) is 43.2 Å². The lowest BCUT2D eigenvalue weighted by molar-refractivity contribution is -0.161. The molecule has 19 heteroatoms. The summed E-state index contributed by atoms with van der Waals surface area (Å²) in [6, 6.07) is 0. The van der Waals surface area contributed by atoms with Crippen molar-refractivity contribution in [2.24, 2.45) is 0 Å². The van der Waals surface area contributed by atoms with E-state index in [0.717, 1.165) is 167 Å². The zero-order valence-corrected chi connectivity index (χ0v) is 65.8. The average Bonchev–Trinajstić information content (AvgIpc) is 0.908. The van der Waals surface area contributed by atoms with Crippen LogP contribution in [0.5, 0.6) is 0 Å². The van der Waals surface area contributed by atoms with Gasteiger partial charge in [-0.05, 0) is 128 Å². The van der Waals surface area contributed by atoms with Crippen LogP contribution in [0.15, 0.2) is 122 Å². The Kier molecular flexibility index (Phi) is 71.4. The number of rotatable bonds is 74. The molecule has 17 nitrogen and oxygen atoms in total. The second-order valence-corrected chi connectivity index (χ2v) is 29.2. The fourth-order valence-electron chi connectivity index (χ4n) is 10.4. The molecule has 0 bridgehead atoms. The maximum atomic E-state index is 13.1. The molecule has 0 heterocycles. The minimum atomic E-state index is -4.99. The number of esters is 4. The molecule has 0 saturated heterocycles. The quantitative estimate of drug-likeness (QED) is 0.0169. The largest absolute Gasteiger partial charge is 0.472 e. The minimum absolute atomic E-state index is 0.0742. The van der Waals surface area contributed by atoms with Gasteiger partial charge in [0.1, 0.15) is 19.3 Å². The summed E-state index contributed by atoms with van der Waals surface area (Å²) >= 11 is 0. The number of hydrogen-bond acceptors (Lipinski definition) is 15. The molecule has 0 aromatic carbocycles. The van der Waals surface area contributed by atoms with Gasteiger partial charge < -0.3 is 33.8 Å². The van der Waals surface area contributed by atoms with Crippen molar-refractivity contribution in [2.45, 2.75) is 341 Å². The van der Waals surface area contributed by atoms with Crippen molar-refractivity contribution in [1.29, 1.82) is 0 Å². The van der Waals surface area contributed by atoms with Crippen LogP contribution in [0.2, 0.25) is 0 Å². The lowest BCUT2D eigenvalue weighted by atomic mass is 10.0. The Morgan fingerprint density at radius 2 is 0.520 bits per heavy atom. The number of phosphoric ester groups is 2. The Bertz CT molecular complexity index is 2410. The van der Waals surface area contributed by atoms with Crippen molar-refractivity contribution in [2.75, 3.05) is 39.6 Å². The summed E-state index contributed by atoms with van der Waals surface area (Å²) in [5.41, 5.74) is 0. The van der Waals surface area contributed by atoms with Gasteiger partial charge in [0.15, 0.2) is 12.2 Å². The van der Waals surface area contributed by atoms with Crippen LogP contribution < -0.4 is 0 Å². The molecule has 0 aliphatic heterocycles. The van der Waals surface area contributed by atoms with Gasteiger partial charge in [-0.15, -0.1) is 0 Å². The summed E-state index contributed by atoms with van der Waals surface area (Å²) in [5, 5.41) is 10.6. The maximum Gasteiger partial charge on any atom is 0.472 e. The number of aliphatic hydroxyl groups is 1. The monoisotopic (exact) mass is 1470 g/mol. The van der Waals surface area contributed by atoms with E-state index in [-0.39, 0.29) is 25.7 Å². The number of aliphatic hydroxyl groups excluding tert-OH is 1. The summed E-state index contributed by atoms with van der Waals surface area (Å²) in [7, 11) is -9.98. The summed E-state index contributed by atoms with van der Waals surface area (Å²) < 4.78 is 68.5. The van der Waals surface area contributed by atoms with Crippen LogP contribution in [0.25, 0.3) is 0 Å². The first-order chi connectivity index (χ1) is 49.7. The molecule has 0 saturated carbocycles. The highest BCUT2D eigenvalue weighted by Gasteiger charge is 2.30. The molecule has 0 amide bonds. The van der Waals surface area contributed by atoms with E-state index < -0.39 is 97.5 Å². The van der Waals surface area contributed by atoms with Crippen molar-refractivity contribution < 1.29 is 80.2 Å². The number of ether oxygens (including phenoxy) is 4. The molecule has 0 aliphatic carbocycles. The lowest BCUT2D eigenvalue weighted by Gasteiger charge is -2.21. The predicted molar refractivity (Wildman–Crippen MR) is 418 cm³/mol. The molecule has 0 rings (SSSR count). The third kappa shape index (κ3) is 73.8. The standard InChI is InChI=1S/C83H142O17P2/c1-5-9-13-17-21-25-29-33-36-38-41-44-47-51-55-59-63-67-80(85)93-73-78(99-82(87)69-65-61-57-53-49-43-32-28-24-20-16-12-8-4)75-97-101(89,90)95-71-77(84)72-96-102(91,92)98-76-79(100-83(88)70-66-62-58-54-50-46-40-35-31-27-23-19-15-11-7-3)74-94-81(86)68-64-60-56-52-48-45-42-39-37-34-30-26-22-18-14-10-6-2/h9-10,13-14,21-23,25-27,33-37,40-41,44,51,55,77-79,84H,5-8,11-12,15-20,24,28-32,38-39,42-43,45-50,52-54,56-76H2,1-4H3,(H,89,90)(H,91,92)/b13-9-,14-10-,25-21-,26-22-,27-23-,36-33-,37-34-,40-35-,44-41-,55-51-. The van der Waals surface area contributed by atoms with Crippen LogP contribution in [0.1, 0.15) is 323 Å². The molecule has 0 aromatic rings. The van der Waals surface area contributed by atoms with Crippen molar-refractivity contribution in [3.63, 3.8) is 0 Å². The van der Waals surface area contributed by atoms with Gasteiger partial charge in [-0.2, -0.15) is 0 Å². The van der Waals surface area contributed by atoms with E-state index >= 15 is 0 Å². The first-order valence-corrected chi connectivity index (χ1v) is 42.8. The highest BCUT2D eigenvalue weighted by Crippen LogP contribution is 2.45. The number of carbonyl (C=O) groups excluding carboxylic acids is 4. The first-order valence-electron chi connectivity index (χ1n) is 39.8. The lowest BCUT2D eigenvalue weighted by Crippen LogP contribution is -2.30. The summed E-state index contributed by atoms with van der Waals surface area (Å²) in [5.74, 6) is -2.26.